The van der Waals surface area contributed by atoms with Crippen molar-refractivity contribution in [1.29, 1.82) is 0 Å². The molecule has 0 atom stereocenters. The summed E-state index contributed by atoms with van der Waals surface area (Å²) >= 11 is 0. The highest BCUT2D eigenvalue weighted by Gasteiger charge is 2.04. The van der Waals surface area contributed by atoms with Gasteiger partial charge < -0.3 is 10.5 Å². The first kappa shape index (κ1) is 14.3. The molecule has 0 amide bonds. The standard InChI is InChI=1S/C16H21N3O/c1-2-19(13-14-6-8-18-9-7-14)10-11-20-16-5-3-4-15(17)12-16/h3-9,12H,2,10-11,13,17H2,1H3. The van der Waals surface area contributed by atoms with Crippen molar-refractivity contribution in [2.75, 3.05) is 25.4 Å². The highest BCUT2D eigenvalue weighted by Crippen LogP contribution is 2.14. The lowest BCUT2D eigenvalue weighted by Gasteiger charge is -2.20. The summed E-state index contributed by atoms with van der Waals surface area (Å²) < 4.78 is 5.72. The van der Waals surface area contributed by atoms with E-state index in [0.29, 0.717) is 6.61 Å². The van der Waals surface area contributed by atoms with Crippen molar-refractivity contribution in [3.05, 3.63) is 54.4 Å². The summed E-state index contributed by atoms with van der Waals surface area (Å²) in [6.45, 7) is 5.60. The van der Waals surface area contributed by atoms with E-state index in [2.05, 4.69) is 16.8 Å². The largest absolute Gasteiger partial charge is 0.492 e. The molecule has 0 radical (unpaired) electrons. The fraction of sp³-hybridized carbons (Fsp3) is 0.312. The number of nitrogens with two attached hydrogens (primary N) is 1. The SMILES string of the molecule is CCN(CCOc1cccc(N)c1)Cc1ccncc1. The van der Waals surface area contributed by atoms with Gasteiger partial charge in [-0.15, -0.1) is 0 Å². The molecular weight excluding hydrogens is 250 g/mol. The van der Waals surface area contributed by atoms with E-state index in [1.807, 2.05) is 48.8 Å². The molecule has 0 aliphatic rings. The molecule has 0 unspecified atom stereocenters. The van der Waals surface area contributed by atoms with Gasteiger partial charge in [0.25, 0.3) is 0 Å². The molecule has 0 saturated carbocycles. The van der Waals surface area contributed by atoms with Gasteiger partial charge >= 0.3 is 0 Å². The van der Waals surface area contributed by atoms with Gasteiger partial charge in [-0.1, -0.05) is 13.0 Å². The van der Waals surface area contributed by atoms with Crippen LogP contribution in [-0.2, 0) is 6.54 Å². The van der Waals surface area contributed by atoms with Crippen LogP contribution in [0.2, 0.25) is 0 Å². The number of likely N-dealkylation sites (N-methyl/N-ethyl adjacent to an activating group) is 1. The van der Waals surface area contributed by atoms with Crippen LogP contribution in [-0.4, -0.2) is 29.6 Å². The molecule has 2 aromatic rings. The zero-order valence-corrected chi connectivity index (χ0v) is 11.8. The topological polar surface area (TPSA) is 51.4 Å². The molecule has 20 heavy (non-hydrogen) atoms. The molecule has 4 heteroatoms. The van der Waals surface area contributed by atoms with Gasteiger partial charge in [-0.25, -0.2) is 0 Å². The molecule has 2 rings (SSSR count). The molecule has 0 aliphatic carbocycles. The van der Waals surface area contributed by atoms with Crippen LogP contribution in [0.4, 0.5) is 5.69 Å². The minimum atomic E-state index is 0.655. The van der Waals surface area contributed by atoms with E-state index in [4.69, 9.17) is 10.5 Å². The molecule has 106 valence electrons. The van der Waals surface area contributed by atoms with Gasteiger partial charge in [0.2, 0.25) is 0 Å². The Bertz CT molecular complexity index is 516. The third-order valence-electron chi connectivity index (χ3n) is 3.14. The van der Waals surface area contributed by atoms with E-state index in [0.717, 1.165) is 31.1 Å². The predicted molar refractivity (Wildman–Crippen MR) is 81.5 cm³/mol. The van der Waals surface area contributed by atoms with Crippen LogP contribution in [0.15, 0.2) is 48.8 Å². The summed E-state index contributed by atoms with van der Waals surface area (Å²) in [5.74, 6) is 0.824. The summed E-state index contributed by atoms with van der Waals surface area (Å²) in [4.78, 5) is 6.37. The predicted octanol–water partition coefficient (Wildman–Crippen LogP) is 2.56. The second-order valence-electron chi connectivity index (χ2n) is 4.65. The van der Waals surface area contributed by atoms with Crippen LogP contribution in [0, 0.1) is 0 Å². The van der Waals surface area contributed by atoms with Crippen LogP contribution in [0.1, 0.15) is 12.5 Å². The van der Waals surface area contributed by atoms with Crippen molar-refractivity contribution in [3.8, 4) is 5.75 Å². The second kappa shape index (κ2) is 7.50. The van der Waals surface area contributed by atoms with Crippen LogP contribution in [0.3, 0.4) is 0 Å². The van der Waals surface area contributed by atoms with Crippen LogP contribution in [0.5, 0.6) is 5.75 Å². The molecule has 0 saturated heterocycles. The van der Waals surface area contributed by atoms with Crippen molar-refractivity contribution in [2.24, 2.45) is 0 Å². The lowest BCUT2D eigenvalue weighted by Crippen LogP contribution is -2.27. The summed E-state index contributed by atoms with van der Waals surface area (Å²) in [7, 11) is 0. The summed E-state index contributed by atoms with van der Waals surface area (Å²) in [5, 5.41) is 0. The Morgan fingerprint density at radius 3 is 2.70 bits per heavy atom. The Morgan fingerprint density at radius 2 is 2.00 bits per heavy atom. The molecule has 1 heterocycles. The van der Waals surface area contributed by atoms with Gasteiger partial charge in [0.05, 0.1) is 0 Å². The van der Waals surface area contributed by atoms with Crippen molar-refractivity contribution in [1.82, 2.24) is 9.88 Å². The number of hydrogen-bond donors (Lipinski definition) is 1. The molecule has 0 fully saturated rings. The highest BCUT2D eigenvalue weighted by atomic mass is 16.5. The normalized spacial score (nSPS) is 10.7. The van der Waals surface area contributed by atoms with Crippen LogP contribution < -0.4 is 10.5 Å². The maximum absolute atomic E-state index is 5.72. The van der Waals surface area contributed by atoms with Gasteiger partial charge in [-0.2, -0.15) is 0 Å². The first-order valence-corrected chi connectivity index (χ1v) is 6.87. The molecule has 0 aliphatic heterocycles. The Hall–Kier alpha value is -2.07. The second-order valence-corrected chi connectivity index (χ2v) is 4.65. The van der Waals surface area contributed by atoms with E-state index < -0.39 is 0 Å². The number of benzene rings is 1. The molecule has 0 bridgehead atoms. The average Bonchev–Trinajstić information content (AvgIpc) is 2.47. The molecule has 2 N–H and O–H groups in total. The van der Waals surface area contributed by atoms with Crippen molar-refractivity contribution in [2.45, 2.75) is 13.5 Å². The number of aromatic nitrogens is 1. The van der Waals surface area contributed by atoms with Crippen molar-refractivity contribution >= 4 is 5.69 Å². The third-order valence-corrected chi connectivity index (χ3v) is 3.14. The number of hydrogen-bond acceptors (Lipinski definition) is 4. The maximum Gasteiger partial charge on any atom is 0.121 e. The number of rotatable bonds is 7. The Morgan fingerprint density at radius 1 is 1.20 bits per heavy atom. The fourth-order valence-electron chi connectivity index (χ4n) is 1.99. The lowest BCUT2D eigenvalue weighted by molar-refractivity contribution is 0.210. The zero-order chi connectivity index (χ0) is 14.2. The first-order valence-electron chi connectivity index (χ1n) is 6.87. The lowest BCUT2D eigenvalue weighted by atomic mass is 10.2. The van der Waals surface area contributed by atoms with E-state index in [1.54, 1.807) is 0 Å². The van der Waals surface area contributed by atoms with Crippen molar-refractivity contribution in [3.63, 3.8) is 0 Å². The van der Waals surface area contributed by atoms with Crippen LogP contribution >= 0.6 is 0 Å². The summed E-state index contributed by atoms with van der Waals surface area (Å²) in [6.07, 6.45) is 3.65. The highest BCUT2D eigenvalue weighted by molar-refractivity contribution is 5.43. The fourth-order valence-corrected chi connectivity index (χ4v) is 1.99. The smallest absolute Gasteiger partial charge is 0.121 e. The minimum absolute atomic E-state index is 0.655. The monoisotopic (exact) mass is 271 g/mol. The van der Waals surface area contributed by atoms with E-state index >= 15 is 0 Å². The number of nitrogens with zero attached hydrogens (tertiary/aromatic N) is 2. The number of nitrogen functional groups attached to an aromatic ring is 1. The quantitative estimate of drug-likeness (QED) is 0.786. The summed E-state index contributed by atoms with van der Waals surface area (Å²) in [6, 6.07) is 11.6. The zero-order valence-electron chi connectivity index (χ0n) is 11.8. The summed E-state index contributed by atoms with van der Waals surface area (Å²) in [5.41, 5.74) is 7.72. The molecule has 1 aromatic carbocycles. The van der Waals surface area contributed by atoms with Gasteiger partial charge in [0.15, 0.2) is 0 Å². The van der Waals surface area contributed by atoms with Gasteiger partial charge in [-0.05, 0) is 36.4 Å². The van der Waals surface area contributed by atoms with Gasteiger partial charge in [0.1, 0.15) is 12.4 Å². The van der Waals surface area contributed by atoms with Gasteiger partial charge in [-0.3, -0.25) is 9.88 Å². The first-order chi connectivity index (χ1) is 9.78. The molecule has 1 aromatic heterocycles. The van der Waals surface area contributed by atoms with E-state index in [-0.39, 0.29) is 0 Å². The van der Waals surface area contributed by atoms with E-state index in [1.165, 1.54) is 5.56 Å². The van der Waals surface area contributed by atoms with Gasteiger partial charge in [0, 0.05) is 37.2 Å². The Kier molecular flexibility index (Phi) is 5.38. The molecule has 4 nitrogen and oxygen atoms in total. The molecular formula is C16H21N3O. The molecule has 0 spiro atoms. The minimum Gasteiger partial charge on any atom is -0.492 e. The average molecular weight is 271 g/mol. The Labute approximate surface area is 120 Å². The maximum atomic E-state index is 5.72. The Balaban J connectivity index is 1.79. The third kappa shape index (κ3) is 4.55. The van der Waals surface area contributed by atoms with Crippen LogP contribution in [0.25, 0.3) is 0 Å². The number of ether oxygens (including phenoxy) is 1. The number of anilines is 1. The van der Waals surface area contributed by atoms with Crippen molar-refractivity contribution < 1.29 is 4.74 Å². The number of pyridine rings is 1. The van der Waals surface area contributed by atoms with E-state index in [9.17, 15) is 0 Å².